The number of aliphatic hydroxyl groups excluding tert-OH is 1. The Balaban J connectivity index is 3.28. The molecular formula is C8H5F2NO. The van der Waals surface area contributed by atoms with Crippen LogP contribution in [-0.2, 0) is 6.61 Å². The van der Waals surface area contributed by atoms with Crippen LogP contribution in [0.3, 0.4) is 0 Å². The Morgan fingerprint density at radius 1 is 1.33 bits per heavy atom. The van der Waals surface area contributed by atoms with E-state index < -0.39 is 18.2 Å². The van der Waals surface area contributed by atoms with Crippen molar-refractivity contribution in [3.63, 3.8) is 0 Å². The van der Waals surface area contributed by atoms with Crippen LogP contribution < -0.4 is 0 Å². The third-order valence-electron chi connectivity index (χ3n) is 1.43. The smallest absolute Gasteiger partial charge is 0.141 e. The van der Waals surface area contributed by atoms with Crippen molar-refractivity contribution in [2.45, 2.75) is 6.61 Å². The fourth-order valence-corrected chi connectivity index (χ4v) is 0.795. The summed E-state index contributed by atoms with van der Waals surface area (Å²) in [7, 11) is 0. The van der Waals surface area contributed by atoms with Crippen LogP contribution >= 0.6 is 0 Å². The second-order valence-corrected chi connectivity index (χ2v) is 2.19. The molecule has 0 radical (unpaired) electrons. The van der Waals surface area contributed by atoms with Crippen molar-refractivity contribution in [2.24, 2.45) is 0 Å². The first-order chi connectivity index (χ1) is 5.69. The molecule has 0 atom stereocenters. The Bertz CT molecular complexity index is 343. The molecule has 0 heterocycles. The summed E-state index contributed by atoms with van der Waals surface area (Å²) in [6.45, 7) is -0.575. The van der Waals surface area contributed by atoms with E-state index in [1.807, 2.05) is 0 Å². The minimum Gasteiger partial charge on any atom is -0.392 e. The zero-order chi connectivity index (χ0) is 9.14. The third-order valence-corrected chi connectivity index (χ3v) is 1.43. The van der Waals surface area contributed by atoms with E-state index in [0.29, 0.717) is 0 Å². The van der Waals surface area contributed by atoms with Crippen molar-refractivity contribution in [1.29, 1.82) is 5.26 Å². The molecule has 0 amide bonds. The van der Waals surface area contributed by atoms with Gasteiger partial charge in [0.1, 0.15) is 17.7 Å². The molecule has 62 valence electrons. The summed E-state index contributed by atoms with van der Waals surface area (Å²) in [6.07, 6.45) is 0. The van der Waals surface area contributed by atoms with Crippen molar-refractivity contribution in [2.75, 3.05) is 0 Å². The average molecular weight is 169 g/mol. The zero-order valence-electron chi connectivity index (χ0n) is 6.01. The van der Waals surface area contributed by atoms with Crippen LogP contribution in [0.1, 0.15) is 11.1 Å². The van der Waals surface area contributed by atoms with Gasteiger partial charge in [0.2, 0.25) is 0 Å². The molecule has 1 rings (SSSR count). The Kier molecular flexibility index (Phi) is 2.36. The number of nitriles is 1. The summed E-state index contributed by atoms with van der Waals surface area (Å²) in [5, 5.41) is 16.8. The Hall–Kier alpha value is -1.47. The molecule has 0 saturated carbocycles. The Labute approximate surface area is 67.7 Å². The van der Waals surface area contributed by atoms with Crippen molar-refractivity contribution < 1.29 is 13.9 Å². The molecule has 0 aliphatic carbocycles. The summed E-state index contributed by atoms with van der Waals surface area (Å²) in [4.78, 5) is 0. The first kappa shape index (κ1) is 8.62. The van der Waals surface area contributed by atoms with Crippen LogP contribution in [0, 0.1) is 23.0 Å². The van der Waals surface area contributed by atoms with E-state index in [9.17, 15) is 8.78 Å². The predicted octanol–water partition coefficient (Wildman–Crippen LogP) is 1.33. The van der Waals surface area contributed by atoms with Gasteiger partial charge in [-0.3, -0.25) is 0 Å². The van der Waals surface area contributed by atoms with Gasteiger partial charge in [-0.2, -0.15) is 5.26 Å². The highest BCUT2D eigenvalue weighted by atomic mass is 19.1. The van der Waals surface area contributed by atoms with Crippen LogP contribution in [0.4, 0.5) is 8.78 Å². The van der Waals surface area contributed by atoms with Crippen LogP contribution in [0.15, 0.2) is 12.1 Å². The molecular weight excluding hydrogens is 164 g/mol. The predicted molar refractivity (Wildman–Crippen MR) is 37.0 cm³/mol. The van der Waals surface area contributed by atoms with Gasteiger partial charge in [0.05, 0.1) is 12.2 Å². The fraction of sp³-hybridized carbons (Fsp3) is 0.125. The van der Waals surface area contributed by atoms with Crippen molar-refractivity contribution in [1.82, 2.24) is 0 Å². The largest absolute Gasteiger partial charge is 0.392 e. The first-order valence-electron chi connectivity index (χ1n) is 3.18. The summed E-state index contributed by atoms with van der Waals surface area (Å²) in [5.41, 5.74) is -0.504. The molecule has 12 heavy (non-hydrogen) atoms. The maximum Gasteiger partial charge on any atom is 0.141 e. The molecule has 0 fully saturated rings. The van der Waals surface area contributed by atoms with Crippen LogP contribution in [-0.4, -0.2) is 5.11 Å². The molecule has 0 spiro atoms. The van der Waals surface area contributed by atoms with Gasteiger partial charge >= 0.3 is 0 Å². The number of nitrogens with zero attached hydrogens (tertiary/aromatic N) is 1. The average Bonchev–Trinajstić information content (AvgIpc) is 2.08. The Morgan fingerprint density at radius 2 is 2.00 bits per heavy atom. The Morgan fingerprint density at radius 3 is 2.50 bits per heavy atom. The quantitative estimate of drug-likeness (QED) is 0.689. The molecule has 0 aliphatic rings. The minimum atomic E-state index is -0.817. The van der Waals surface area contributed by atoms with Gasteiger partial charge in [-0.15, -0.1) is 0 Å². The number of rotatable bonds is 1. The van der Waals surface area contributed by atoms with E-state index >= 15 is 0 Å². The number of halogens is 2. The van der Waals surface area contributed by atoms with Crippen LogP contribution in [0.2, 0.25) is 0 Å². The molecule has 0 bridgehead atoms. The topological polar surface area (TPSA) is 44.0 Å². The second-order valence-electron chi connectivity index (χ2n) is 2.19. The van der Waals surface area contributed by atoms with Crippen LogP contribution in [0.25, 0.3) is 0 Å². The normalized spacial score (nSPS) is 9.50. The van der Waals surface area contributed by atoms with Crippen molar-refractivity contribution >= 4 is 0 Å². The van der Waals surface area contributed by atoms with E-state index in [2.05, 4.69) is 0 Å². The second kappa shape index (κ2) is 3.28. The fourth-order valence-electron chi connectivity index (χ4n) is 0.795. The highest BCUT2D eigenvalue weighted by Gasteiger charge is 2.07. The minimum absolute atomic E-state index is 0.147. The molecule has 0 saturated heterocycles. The SMILES string of the molecule is N#Cc1cc(F)c(CO)cc1F. The van der Waals surface area contributed by atoms with E-state index in [-0.39, 0.29) is 11.1 Å². The molecule has 2 nitrogen and oxygen atoms in total. The molecule has 1 aromatic rings. The summed E-state index contributed by atoms with van der Waals surface area (Å²) < 4.78 is 25.5. The van der Waals surface area contributed by atoms with Gasteiger partial charge in [0, 0.05) is 5.56 Å². The monoisotopic (exact) mass is 169 g/mol. The summed E-state index contributed by atoms with van der Waals surface area (Å²) >= 11 is 0. The molecule has 0 unspecified atom stereocenters. The van der Waals surface area contributed by atoms with Gasteiger partial charge in [0.25, 0.3) is 0 Å². The number of benzene rings is 1. The third kappa shape index (κ3) is 1.41. The van der Waals surface area contributed by atoms with E-state index in [1.165, 1.54) is 6.07 Å². The lowest BCUT2D eigenvalue weighted by Gasteiger charge is -1.99. The highest BCUT2D eigenvalue weighted by Crippen LogP contribution is 2.13. The lowest BCUT2D eigenvalue weighted by molar-refractivity contribution is 0.275. The van der Waals surface area contributed by atoms with E-state index in [4.69, 9.17) is 10.4 Å². The van der Waals surface area contributed by atoms with E-state index in [1.54, 1.807) is 0 Å². The molecule has 0 aromatic heterocycles. The summed E-state index contributed by atoms with van der Waals surface area (Å²) in [6, 6.07) is 3.07. The number of aliphatic hydroxyl groups is 1. The maximum absolute atomic E-state index is 12.7. The standard InChI is InChI=1S/C8H5F2NO/c9-7-2-6(4-12)8(10)1-5(7)3-11/h1-2,12H,4H2. The first-order valence-corrected chi connectivity index (χ1v) is 3.18. The lowest BCUT2D eigenvalue weighted by atomic mass is 10.1. The van der Waals surface area contributed by atoms with E-state index in [0.717, 1.165) is 12.1 Å². The highest BCUT2D eigenvalue weighted by molar-refractivity contribution is 5.34. The maximum atomic E-state index is 12.7. The molecule has 4 heteroatoms. The van der Waals surface area contributed by atoms with Gasteiger partial charge in [-0.25, -0.2) is 8.78 Å². The lowest BCUT2D eigenvalue weighted by Crippen LogP contribution is -1.94. The van der Waals surface area contributed by atoms with Gasteiger partial charge in [-0.1, -0.05) is 0 Å². The van der Waals surface area contributed by atoms with Crippen molar-refractivity contribution in [3.05, 3.63) is 34.9 Å². The molecule has 0 aliphatic heterocycles. The zero-order valence-corrected chi connectivity index (χ0v) is 6.01. The van der Waals surface area contributed by atoms with Crippen LogP contribution in [0.5, 0.6) is 0 Å². The van der Waals surface area contributed by atoms with Crippen molar-refractivity contribution in [3.8, 4) is 6.07 Å². The number of hydrogen-bond acceptors (Lipinski definition) is 2. The summed E-state index contributed by atoms with van der Waals surface area (Å²) in [5.74, 6) is -1.58. The van der Waals surface area contributed by atoms with Gasteiger partial charge in [-0.05, 0) is 12.1 Å². The number of hydrogen-bond donors (Lipinski definition) is 1. The van der Waals surface area contributed by atoms with Gasteiger partial charge < -0.3 is 5.11 Å². The van der Waals surface area contributed by atoms with Gasteiger partial charge in [0.15, 0.2) is 0 Å². The molecule has 1 N–H and O–H groups in total. The molecule has 1 aromatic carbocycles.